The van der Waals surface area contributed by atoms with Crippen LogP contribution in [0.1, 0.15) is 0 Å². The molecule has 0 amide bonds. The Morgan fingerprint density at radius 2 is 0.405 bits per heavy atom. The maximum absolute atomic E-state index is 4.19. The van der Waals surface area contributed by atoms with Gasteiger partial charge in [0.2, 0.25) is 0 Å². The number of hydrogen-bond acceptors (Lipinski definition) is 6. The van der Waals surface area contributed by atoms with E-state index in [2.05, 4.69) is 29.9 Å². The molecule has 0 aromatic carbocycles. The van der Waals surface area contributed by atoms with Gasteiger partial charge in [0.05, 0.1) is 34.2 Å². The monoisotopic (exact) mass is 508 g/mol. The predicted molar refractivity (Wildman–Crippen MR) is 148 cm³/mol. The summed E-state index contributed by atoms with van der Waals surface area (Å²) in [6.45, 7) is 0. The average Bonchev–Trinajstić information content (AvgIpc) is 3.01. The smallest absolute Gasteiger partial charge is 0.255 e. The van der Waals surface area contributed by atoms with Crippen LogP contribution in [-0.2, 0) is 0 Å². The van der Waals surface area contributed by atoms with Gasteiger partial charge in [-0.3, -0.25) is 29.9 Å². The van der Waals surface area contributed by atoms with Crippen LogP contribution in [0.4, 0.5) is 0 Å². The van der Waals surface area contributed by atoms with E-state index in [1.54, 1.807) is 37.2 Å². The molecule has 0 fully saturated rings. The fraction of sp³-hybridized carbons (Fsp3) is 0. The van der Waals surface area contributed by atoms with Gasteiger partial charge in [0, 0.05) is 37.2 Å². The molecule has 0 aliphatic heterocycles. The summed E-state index contributed by atoms with van der Waals surface area (Å²) in [7, 11) is 0. The van der Waals surface area contributed by atoms with E-state index in [9.17, 15) is 0 Å². The molecule has 0 bridgehead atoms. The van der Waals surface area contributed by atoms with Crippen LogP contribution >= 0.6 is 0 Å². The number of aromatic nitrogens is 6. The third-order valence-electron chi connectivity index (χ3n) is 4.78. The molecule has 0 saturated carbocycles. The normalized spacial score (nSPS) is 9.41. The zero-order valence-electron chi connectivity index (χ0n) is 20.2. The van der Waals surface area contributed by atoms with Gasteiger partial charge in [-0.05, 0) is 72.8 Å². The average molecular weight is 509 g/mol. The standard InChI is InChI=1S/3C10H8N2.Ca/c3*1-3-7-11-9(5-1)10-6-2-4-8-12-10;/h3*1-8H;/q;;;+2. The summed E-state index contributed by atoms with van der Waals surface area (Å²) < 4.78 is 0. The molecule has 0 radical (unpaired) electrons. The maximum Gasteiger partial charge on any atom is 2.00 e. The summed E-state index contributed by atoms with van der Waals surface area (Å²) in [6, 6.07) is 34.8. The second-order valence-electron chi connectivity index (χ2n) is 7.29. The number of hydrogen-bond donors (Lipinski definition) is 0. The molecule has 174 valence electrons. The van der Waals surface area contributed by atoms with E-state index in [-0.39, 0.29) is 37.7 Å². The van der Waals surface area contributed by atoms with Gasteiger partial charge in [0.15, 0.2) is 0 Å². The van der Waals surface area contributed by atoms with Crippen molar-refractivity contribution in [3.63, 3.8) is 0 Å². The van der Waals surface area contributed by atoms with Crippen LogP contribution in [0.25, 0.3) is 34.2 Å². The van der Waals surface area contributed by atoms with E-state index in [4.69, 9.17) is 0 Å². The van der Waals surface area contributed by atoms with Crippen LogP contribution in [0.15, 0.2) is 146 Å². The second-order valence-corrected chi connectivity index (χ2v) is 7.29. The Hall–Kier alpha value is -3.84. The van der Waals surface area contributed by atoms with Crippen molar-refractivity contribution in [2.45, 2.75) is 0 Å². The summed E-state index contributed by atoms with van der Waals surface area (Å²) >= 11 is 0. The SMILES string of the molecule is [Ca+2].c1ccc(-c2ccccn2)nc1.c1ccc(-c2ccccn2)nc1.c1ccc(-c2ccccn2)nc1. The maximum atomic E-state index is 4.19. The molecule has 6 rings (SSSR count). The van der Waals surface area contributed by atoms with Crippen LogP contribution < -0.4 is 0 Å². The molecule has 6 aromatic heterocycles. The van der Waals surface area contributed by atoms with Gasteiger partial charge in [0.1, 0.15) is 0 Å². The third kappa shape index (κ3) is 9.28. The minimum atomic E-state index is 0. The molecule has 0 aliphatic rings. The Labute approximate surface area is 246 Å². The van der Waals surface area contributed by atoms with Crippen LogP contribution in [0.2, 0.25) is 0 Å². The summed E-state index contributed by atoms with van der Waals surface area (Å²) in [4.78, 5) is 25.1. The molecule has 0 saturated heterocycles. The van der Waals surface area contributed by atoms with Crippen molar-refractivity contribution in [1.29, 1.82) is 0 Å². The van der Waals surface area contributed by atoms with E-state index in [0.29, 0.717) is 0 Å². The fourth-order valence-electron chi connectivity index (χ4n) is 3.09. The van der Waals surface area contributed by atoms with Gasteiger partial charge < -0.3 is 0 Å². The first-order valence-corrected chi connectivity index (χ1v) is 11.4. The van der Waals surface area contributed by atoms with E-state index in [1.165, 1.54) is 0 Å². The minimum absolute atomic E-state index is 0. The van der Waals surface area contributed by atoms with Crippen molar-refractivity contribution in [3.05, 3.63) is 146 Å². The number of rotatable bonds is 3. The first-order chi connectivity index (χ1) is 17.9. The van der Waals surface area contributed by atoms with Crippen LogP contribution in [0, 0.1) is 0 Å². The van der Waals surface area contributed by atoms with Crippen molar-refractivity contribution in [2.75, 3.05) is 0 Å². The Bertz CT molecular complexity index is 1100. The molecule has 37 heavy (non-hydrogen) atoms. The van der Waals surface area contributed by atoms with Gasteiger partial charge in [0.25, 0.3) is 0 Å². The molecular formula is C30H24CaN6+2. The zero-order chi connectivity index (χ0) is 24.7. The van der Waals surface area contributed by atoms with E-state index in [0.717, 1.165) is 34.2 Å². The first-order valence-electron chi connectivity index (χ1n) is 11.4. The van der Waals surface area contributed by atoms with E-state index < -0.39 is 0 Å². The Kier molecular flexibility index (Phi) is 12.0. The Morgan fingerprint density at radius 1 is 0.243 bits per heavy atom. The van der Waals surface area contributed by atoms with E-state index in [1.807, 2.05) is 109 Å². The Morgan fingerprint density at radius 3 is 0.514 bits per heavy atom. The van der Waals surface area contributed by atoms with Crippen molar-refractivity contribution >= 4 is 37.7 Å². The summed E-state index contributed by atoms with van der Waals surface area (Å²) in [6.07, 6.45) is 10.6. The number of pyridine rings is 6. The van der Waals surface area contributed by atoms with Crippen molar-refractivity contribution in [1.82, 2.24) is 29.9 Å². The van der Waals surface area contributed by atoms with Gasteiger partial charge in [-0.25, -0.2) is 0 Å². The zero-order valence-corrected chi connectivity index (χ0v) is 22.5. The van der Waals surface area contributed by atoms with E-state index >= 15 is 0 Å². The van der Waals surface area contributed by atoms with Crippen LogP contribution in [0.3, 0.4) is 0 Å². The molecule has 6 nitrogen and oxygen atoms in total. The van der Waals surface area contributed by atoms with Gasteiger partial charge in [-0.15, -0.1) is 0 Å². The molecule has 6 aromatic rings. The molecule has 6 heterocycles. The van der Waals surface area contributed by atoms with Gasteiger partial charge in [-0.1, -0.05) is 36.4 Å². The molecule has 7 heteroatoms. The molecule has 0 spiro atoms. The quantitative estimate of drug-likeness (QED) is 0.271. The van der Waals surface area contributed by atoms with Crippen LogP contribution in [-0.4, -0.2) is 67.6 Å². The predicted octanol–water partition coefficient (Wildman–Crippen LogP) is 6.05. The second kappa shape index (κ2) is 16.0. The molecule has 0 N–H and O–H groups in total. The van der Waals surface area contributed by atoms with Crippen molar-refractivity contribution < 1.29 is 0 Å². The molecule has 0 aliphatic carbocycles. The number of nitrogens with zero attached hydrogens (tertiary/aromatic N) is 6. The summed E-state index contributed by atoms with van der Waals surface area (Å²) in [5.74, 6) is 0. The van der Waals surface area contributed by atoms with Crippen molar-refractivity contribution in [2.24, 2.45) is 0 Å². The van der Waals surface area contributed by atoms with Gasteiger partial charge >= 0.3 is 37.7 Å². The van der Waals surface area contributed by atoms with Gasteiger partial charge in [-0.2, -0.15) is 0 Å². The fourth-order valence-corrected chi connectivity index (χ4v) is 3.09. The minimum Gasteiger partial charge on any atom is -0.255 e. The third-order valence-corrected chi connectivity index (χ3v) is 4.78. The molecule has 0 atom stereocenters. The first kappa shape index (κ1) is 27.7. The summed E-state index contributed by atoms with van der Waals surface area (Å²) in [5.41, 5.74) is 5.49. The Balaban J connectivity index is 0.000000152. The molecular weight excluding hydrogens is 484 g/mol. The van der Waals surface area contributed by atoms with Crippen molar-refractivity contribution in [3.8, 4) is 34.2 Å². The topological polar surface area (TPSA) is 77.3 Å². The van der Waals surface area contributed by atoms with Crippen LogP contribution in [0.5, 0.6) is 0 Å². The largest absolute Gasteiger partial charge is 2.00 e. The molecule has 0 unspecified atom stereocenters. The summed E-state index contributed by atoms with van der Waals surface area (Å²) in [5, 5.41) is 0.